The van der Waals surface area contributed by atoms with Crippen molar-refractivity contribution in [2.24, 2.45) is 4.99 Å². The van der Waals surface area contributed by atoms with E-state index in [1.54, 1.807) is 0 Å². The number of rotatable bonds is 3. The summed E-state index contributed by atoms with van der Waals surface area (Å²) in [6.45, 7) is 10.9. The molecule has 2 nitrogen and oxygen atoms in total. The third kappa shape index (κ3) is 2.72. The number of allylic oxidation sites excluding steroid dienone is 3. The van der Waals surface area contributed by atoms with E-state index in [1.807, 2.05) is 32.1 Å². The average Bonchev–Trinajstić information content (AvgIpc) is 2.55. The summed E-state index contributed by atoms with van der Waals surface area (Å²) < 4.78 is 6.17. The van der Waals surface area contributed by atoms with Crippen LogP contribution in [0.15, 0.2) is 64.5 Å². The van der Waals surface area contributed by atoms with Gasteiger partial charge in [0.2, 0.25) is 0 Å². The zero-order valence-electron chi connectivity index (χ0n) is 13.9. The lowest BCUT2D eigenvalue weighted by atomic mass is 9.93. The minimum absolute atomic E-state index is 0.762. The van der Waals surface area contributed by atoms with Crippen LogP contribution in [-0.2, 0) is 0 Å². The zero-order valence-corrected chi connectivity index (χ0v) is 13.9. The number of aryl methyl sites for hydroxylation is 1. The number of hydrogen-bond donors (Lipinski definition) is 0. The van der Waals surface area contributed by atoms with Crippen molar-refractivity contribution < 1.29 is 4.42 Å². The molecule has 23 heavy (non-hydrogen) atoms. The van der Waals surface area contributed by atoms with E-state index in [-0.39, 0.29) is 0 Å². The summed E-state index contributed by atoms with van der Waals surface area (Å²) in [7, 11) is 0. The van der Waals surface area contributed by atoms with Crippen LogP contribution in [0.3, 0.4) is 0 Å². The van der Waals surface area contributed by atoms with Gasteiger partial charge in [0.05, 0.1) is 5.36 Å². The average molecular weight is 303 g/mol. The summed E-state index contributed by atoms with van der Waals surface area (Å²) in [6, 6.07) is 12.5. The molecular weight excluding hydrogens is 282 g/mol. The summed E-state index contributed by atoms with van der Waals surface area (Å²) in [4.78, 5) is 4.47. The lowest BCUT2D eigenvalue weighted by Gasteiger charge is -2.16. The molecule has 0 fully saturated rings. The highest BCUT2D eigenvalue weighted by atomic mass is 16.3. The van der Waals surface area contributed by atoms with Crippen molar-refractivity contribution in [2.75, 3.05) is 6.54 Å². The molecule has 0 radical (unpaired) electrons. The van der Waals surface area contributed by atoms with Crippen LogP contribution in [0.1, 0.15) is 25.0 Å². The quantitative estimate of drug-likeness (QED) is 0.472. The highest BCUT2D eigenvalue weighted by Gasteiger charge is 2.16. The minimum Gasteiger partial charge on any atom is -0.456 e. The molecule has 1 aliphatic carbocycles. The predicted molar refractivity (Wildman–Crippen MR) is 97.5 cm³/mol. The summed E-state index contributed by atoms with van der Waals surface area (Å²) in [5, 5.41) is 2.05. The number of fused-ring (bicyclic) bond motifs is 2. The highest BCUT2D eigenvalue weighted by Crippen LogP contribution is 2.37. The summed E-state index contributed by atoms with van der Waals surface area (Å²) in [6.07, 6.45) is 3.99. The molecule has 1 aromatic rings. The first-order chi connectivity index (χ1) is 11.2. The van der Waals surface area contributed by atoms with Crippen LogP contribution in [0, 0.1) is 6.92 Å². The second-order valence-corrected chi connectivity index (χ2v) is 5.58. The molecule has 0 aromatic heterocycles. The Bertz CT molecular complexity index is 944. The molecule has 2 aliphatic rings. The van der Waals surface area contributed by atoms with Crippen LogP contribution in [0.5, 0.6) is 0 Å². The van der Waals surface area contributed by atoms with Crippen LogP contribution in [0.25, 0.3) is 27.9 Å². The Kier molecular flexibility index (Phi) is 4.16. The van der Waals surface area contributed by atoms with Crippen molar-refractivity contribution >= 4 is 16.5 Å². The first-order valence-corrected chi connectivity index (χ1v) is 7.94. The Hall–Kier alpha value is -2.61. The number of nitrogens with zero attached hydrogens (tertiary/aromatic N) is 1. The molecule has 0 atom stereocenters. The van der Waals surface area contributed by atoms with Crippen molar-refractivity contribution in [3.8, 4) is 11.3 Å². The van der Waals surface area contributed by atoms with Crippen LogP contribution in [0.2, 0.25) is 0 Å². The molecule has 0 bridgehead atoms. The highest BCUT2D eigenvalue weighted by molar-refractivity contribution is 6.00. The van der Waals surface area contributed by atoms with Crippen LogP contribution >= 0.6 is 0 Å². The molecular formula is C21H21NO. The number of hydrogen-bond acceptors (Lipinski definition) is 2. The van der Waals surface area contributed by atoms with Gasteiger partial charge in [-0.3, -0.25) is 4.99 Å². The molecule has 1 heterocycles. The van der Waals surface area contributed by atoms with Gasteiger partial charge in [0.25, 0.3) is 0 Å². The Morgan fingerprint density at radius 2 is 2.04 bits per heavy atom. The molecule has 0 spiro atoms. The topological polar surface area (TPSA) is 25.5 Å². The first kappa shape index (κ1) is 15.3. The van der Waals surface area contributed by atoms with Crippen molar-refractivity contribution in [1.82, 2.24) is 0 Å². The molecule has 2 heteroatoms. The maximum Gasteiger partial charge on any atom is 0.137 e. The maximum absolute atomic E-state index is 6.17. The second-order valence-electron chi connectivity index (χ2n) is 5.58. The third-order valence-corrected chi connectivity index (χ3v) is 4.02. The van der Waals surface area contributed by atoms with Crippen molar-refractivity contribution in [2.45, 2.75) is 20.8 Å². The standard InChI is InChI=1S/C21H21NO/c1-5-15(6-2)21-17-10-8-14(4)12-19(17)23-20-13-16(22-7-3)9-11-18(20)21/h5-6,8-13H,1,7H2,2-4H3/b15-6+,22-16?. The van der Waals surface area contributed by atoms with Gasteiger partial charge in [0, 0.05) is 29.1 Å². The fraction of sp³-hybridized carbons (Fsp3) is 0.190. The molecule has 1 aliphatic heterocycles. The van der Waals surface area contributed by atoms with E-state index >= 15 is 0 Å². The molecule has 0 unspecified atom stereocenters. The largest absolute Gasteiger partial charge is 0.456 e. The fourth-order valence-corrected chi connectivity index (χ4v) is 2.94. The molecule has 0 saturated heterocycles. The molecule has 3 rings (SSSR count). The van der Waals surface area contributed by atoms with Gasteiger partial charge < -0.3 is 4.42 Å². The van der Waals surface area contributed by atoms with Crippen LogP contribution < -0.4 is 5.36 Å². The van der Waals surface area contributed by atoms with E-state index in [2.05, 4.69) is 48.8 Å². The van der Waals surface area contributed by atoms with E-state index in [0.29, 0.717) is 0 Å². The smallest absolute Gasteiger partial charge is 0.137 e. The second kappa shape index (κ2) is 6.25. The van der Waals surface area contributed by atoms with E-state index < -0.39 is 0 Å². The summed E-state index contributed by atoms with van der Waals surface area (Å²) in [5.74, 6) is 0.856. The predicted octanol–water partition coefficient (Wildman–Crippen LogP) is 5.36. The van der Waals surface area contributed by atoms with Crippen LogP contribution in [0.4, 0.5) is 0 Å². The normalized spacial score (nSPS) is 13.0. The van der Waals surface area contributed by atoms with E-state index in [1.165, 1.54) is 11.1 Å². The van der Waals surface area contributed by atoms with Gasteiger partial charge >= 0.3 is 0 Å². The van der Waals surface area contributed by atoms with Gasteiger partial charge in [-0.2, -0.15) is 0 Å². The van der Waals surface area contributed by atoms with E-state index in [0.717, 1.165) is 39.8 Å². The monoisotopic (exact) mass is 303 g/mol. The molecule has 116 valence electrons. The van der Waals surface area contributed by atoms with Crippen LogP contribution in [-0.4, -0.2) is 6.54 Å². The first-order valence-electron chi connectivity index (χ1n) is 7.94. The maximum atomic E-state index is 6.17. The summed E-state index contributed by atoms with van der Waals surface area (Å²) >= 11 is 0. The van der Waals surface area contributed by atoms with Gasteiger partial charge in [0.15, 0.2) is 0 Å². The molecule has 1 aromatic carbocycles. The molecule has 0 saturated carbocycles. The van der Waals surface area contributed by atoms with Gasteiger partial charge in [-0.05, 0) is 50.1 Å². The van der Waals surface area contributed by atoms with Crippen molar-refractivity contribution in [1.29, 1.82) is 0 Å². The Balaban J connectivity index is 2.49. The Labute approximate surface area is 136 Å². The van der Waals surface area contributed by atoms with E-state index in [9.17, 15) is 0 Å². The lowest BCUT2D eigenvalue weighted by molar-refractivity contribution is 0.617. The minimum atomic E-state index is 0.762. The van der Waals surface area contributed by atoms with Gasteiger partial charge in [-0.1, -0.05) is 30.9 Å². The summed E-state index contributed by atoms with van der Waals surface area (Å²) in [5.41, 5.74) is 5.44. The van der Waals surface area contributed by atoms with Gasteiger partial charge in [-0.25, -0.2) is 0 Å². The zero-order chi connectivity index (χ0) is 16.4. The Morgan fingerprint density at radius 3 is 2.74 bits per heavy atom. The third-order valence-electron chi connectivity index (χ3n) is 4.02. The van der Waals surface area contributed by atoms with Gasteiger partial charge in [0.1, 0.15) is 11.3 Å². The lowest BCUT2D eigenvalue weighted by Crippen LogP contribution is -2.04. The van der Waals surface area contributed by atoms with Crippen molar-refractivity contribution in [3.63, 3.8) is 0 Å². The Morgan fingerprint density at radius 1 is 1.22 bits per heavy atom. The van der Waals surface area contributed by atoms with E-state index in [4.69, 9.17) is 4.42 Å². The SMILES string of the molecule is C=C/C(=C\C)c1c2ccc(=NCC)cc-2oc2cc(C)ccc12. The van der Waals surface area contributed by atoms with Crippen molar-refractivity contribution in [3.05, 3.63) is 71.6 Å². The molecule has 0 amide bonds. The number of benzene rings is 2. The molecule has 0 N–H and O–H groups in total. The van der Waals surface area contributed by atoms with Gasteiger partial charge in [-0.15, -0.1) is 0 Å². The fourth-order valence-electron chi connectivity index (χ4n) is 2.94.